The second-order valence-electron chi connectivity index (χ2n) is 7.18. The predicted octanol–water partition coefficient (Wildman–Crippen LogP) is 3.70. The molecule has 0 unspecified atom stereocenters. The van der Waals surface area contributed by atoms with Gasteiger partial charge in [-0.05, 0) is 55.2 Å². The summed E-state index contributed by atoms with van der Waals surface area (Å²) in [6, 6.07) is 13.1. The van der Waals surface area contributed by atoms with Crippen molar-refractivity contribution < 1.29 is 4.79 Å². The number of benzene rings is 2. The topological polar surface area (TPSA) is 76.0 Å². The molecule has 4 rings (SSSR count). The van der Waals surface area contributed by atoms with Gasteiger partial charge in [0.2, 0.25) is 0 Å². The lowest BCUT2D eigenvalue weighted by molar-refractivity contribution is 0.0951. The van der Waals surface area contributed by atoms with Crippen LogP contribution in [0.15, 0.2) is 59.7 Å². The summed E-state index contributed by atoms with van der Waals surface area (Å²) in [4.78, 5) is 29.6. The zero-order valence-corrected chi connectivity index (χ0v) is 16.7. The Balaban J connectivity index is 1.61. The Bertz CT molecular complexity index is 1120. The van der Waals surface area contributed by atoms with Gasteiger partial charge < -0.3 is 10.6 Å². The average Bonchev–Trinajstić information content (AvgIpc) is 3.52. The third-order valence-corrected chi connectivity index (χ3v) is 5.07. The molecule has 1 fully saturated rings. The predicted molar refractivity (Wildman–Crippen MR) is 114 cm³/mol. The van der Waals surface area contributed by atoms with Gasteiger partial charge in [0.1, 0.15) is 0 Å². The van der Waals surface area contributed by atoms with Crippen molar-refractivity contribution in [3.63, 3.8) is 0 Å². The van der Waals surface area contributed by atoms with Crippen molar-refractivity contribution in [2.24, 2.45) is 0 Å². The molecule has 29 heavy (non-hydrogen) atoms. The first-order chi connectivity index (χ1) is 14.0. The molecule has 1 amide bonds. The largest absolute Gasteiger partial charge is 0.361 e. The Morgan fingerprint density at radius 2 is 2.07 bits per heavy atom. The third kappa shape index (κ3) is 4.49. The quantitative estimate of drug-likeness (QED) is 0.652. The molecule has 148 valence electrons. The number of nitrogens with zero attached hydrogens (tertiary/aromatic N) is 2. The second kappa shape index (κ2) is 8.09. The van der Waals surface area contributed by atoms with E-state index in [9.17, 15) is 9.59 Å². The summed E-state index contributed by atoms with van der Waals surface area (Å²) in [5.41, 5.74) is 2.75. The minimum absolute atomic E-state index is 0.116. The van der Waals surface area contributed by atoms with Gasteiger partial charge in [-0.2, -0.15) is 0 Å². The van der Waals surface area contributed by atoms with Crippen LogP contribution < -0.4 is 16.2 Å². The molecule has 6 nitrogen and oxygen atoms in total. The minimum atomic E-state index is -0.280. The molecular weight excluding hydrogens is 388 g/mol. The lowest BCUT2D eigenvalue weighted by atomic mass is 10.1. The average molecular weight is 409 g/mol. The molecular formula is C22H21ClN4O2. The van der Waals surface area contributed by atoms with Crippen LogP contribution in [-0.4, -0.2) is 21.5 Å². The molecule has 7 heteroatoms. The molecule has 2 aromatic carbocycles. The van der Waals surface area contributed by atoms with Gasteiger partial charge >= 0.3 is 0 Å². The number of hydrogen-bond acceptors (Lipinski definition) is 4. The summed E-state index contributed by atoms with van der Waals surface area (Å²) in [7, 11) is 0. The number of rotatable bonds is 6. The summed E-state index contributed by atoms with van der Waals surface area (Å²) < 4.78 is 1.51. The number of anilines is 1. The van der Waals surface area contributed by atoms with Crippen LogP contribution in [0.3, 0.4) is 0 Å². The van der Waals surface area contributed by atoms with Crippen molar-refractivity contribution >= 4 is 23.3 Å². The molecule has 1 heterocycles. The summed E-state index contributed by atoms with van der Waals surface area (Å²) in [6.07, 6.45) is 5.22. The Labute approximate surface area is 173 Å². The van der Waals surface area contributed by atoms with E-state index in [1.807, 2.05) is 31.2 Å². The zero-order valence-electron chi connectivity index (χ0n) is 16.0. The van der Waals surface area contributed by atoms with Crippen molar-refractivity contribution in [3.05, 3.63) is 86.9 Å². The SMILES string of the molecule is Cc1ccc(C(=O)NC2CC2)cc1-n1ccnc(NCc2cccc(Cl)c2)c1=O. The van der Waals surface area contributed by atoms with Crippen molar-refractivity contribution in [1.29, 1.82) is 0 Å². The Kier molecular flexibility index (Phi) is 5.36. The molecule has 1 aliphatic rings. The van der Waals surface area contributed by atoms with E-state index in [1.165, 1.54) is 4.57 Å². The number of aryl methyl sites for hydroxylation is 1. The Hall–Kier alpha value is -3.12. The number of halogens is 1. The highest BCUT2D eigenvalue weighted by atomic mass is 35.5. The van der Waals surface area contributed by atoms with Gasteiger partial charge in [-0.25, -0.2) is 4.98 Å². The maximum atomic E-state index is 13.0. The van der Waals surface area contributed by atoms with Crippen LogP contribution in [0.1, 0.15) is 34.3 Å². The van der Waals surface area contributed by atoms with E-state index in [4.69, 9.17) is 11.6 Å². The van der Waals surface area contributed by atoms with Crippen LogP contribution in [0.5, 0.6) is 0 Å². The highest BCUT2D eigenvalue weighted by Gasteiger charge is 2.24. The first-order valence-electron chi connectivity index (χ1n) is 9.49. The minimum Gasteiger partial charge on any atom is -0.361 e. The molecule has 0 radical (unpaired) electrons. The van der Waals surface area contributed by atoms with Crippen LogP contribution in [0.25, 0.3) is 5.69 Å². The van der Waals surface area contributed by atoms with Crippen LogP contribution in [-0.2, 0) is 6.54 Å². The first-order valence-corrected chi connectivity index (χ1v) is 9.87. The lowest BCUT2D eigenvalue weighted by Gasteiger charge is -2.13. The molecule has 3 aromatic rings. The monoisotopic (exact) mass is 408 g/mol. The Morgan fingerprint density at radius 1 is 1.24 bits per heavy atom. The van der Waals surface area contributed by atoms with Crippen molar-refractivity contribution in [2.75, 3.05) is 5.32 Å². The number of aromatic nitrogens is 2. The van der Waals surface area contributed by atoms with Gasteiger partial charge in [0.05, 0.1) is 5.69 Å². The van der Waals surface area contributed by atoms with Crippen molar-refractivity contribution in [3.8, 4) is 5.69 Å². The fraction of sp³-hybridized carbons (Fsp3) is 0.227. The van der Waals surface area contributed by atoms with Crippen LogP contribution in [0.2, 0.25) is 5.02 Å². The zero-order chi connectivity index (χ0) is 20.4. The maximum Gasteiger partial charge on any atom is 0.297 e. The fourth-order valence-electron chi connectivity index (χ4n) is 3.06. The third-order valence-electron chi connectivity index (χ3n) is 4.83. The van der Waals surface area contributed by atoms with Crippen molar-refractivity contribution in [2.45, 2.75) is 32.4 Å². The molecule has 2 N–H and O–H groups in total. The van der Waals surface area contributed by atoms with Gasteiger partial charge in [-0.15, -0.1) is 0 Å². The molecule has 0 aliphatic heterocycles. The fourth-order valence-corrected chi connectivity index (χ4v) is 3.27. The van der Waals surface area contributed by atoms with Gasteiger partial charge in [-0.3, -0.25) is 14.2 Å². The summed E-state index contributed by atoms with van der Waals surface area (Å²) in [6.45, 7) is 2.33. The van der Waals surface area contributed by atoms with Crippen LogP contribution >= 0.6 is 11.6 Å². The highest BCUT2D eigenvalue weighted by molar-refractivity contribution is 6.30. The van der Waals surface area contributed by atoms with E-state index in [-0.39, 0.29) is 23.3 Å². The molecule has 0 saturated heterocycles. The molecule has 0 atom stereocenters. The normalized spacial score (nSPS) is 13.2. The molecule has 0 bridgehead atoms. The van der Waals surface area contributed by atoms with Crippen LogP contribution in [0.4, 0.5) is 5.82 Å². The number of nitrogens with one attached hydrogen (secondary N) is 2. The molecule has 1 saturated carbocycles. The van der Waals surface area contributed by atoms with Gasteiger partial charge in [0.15, 0.2) is 5.82 Å². The number of amides is 1. The lowest BCUT2D eigenvalue weighted by Crippen LogP contribution is -2.26. The van der Waals surface area contributed by atoms with Crippen molar-refractivity contribution in [1.82, 2.24) is 14.9 Å². The molecule has 0 spiro atoms. The standard InChI is InChI=1S/C22H21ClN4O2/c1-14-5-6-16(21(28)26-18-7-8-18)12-19(14)27-10-9-24-20(22(27)29)25-13-15-3-2-4-17(23)11-15/h2-6,9-12,18H,7-8,13H2,1H3,(H,24,25)(H,26,28). The first kappa shape index (κ1) is 19.2. The van der Waals surface area contributed by atoms with E-state index >= 15 is 0 Å². The Morgan fingerprint density at radius 3 is 2.83 bits per heavy atom. The van der Waals surface area contributed by atoms with Crippen LogP contribution in [0, 0.1) is 6.92 Å². The van der Waals surface area contributed by atoms with E-state index in [2.05, 4.69) is 15.6 Å². The van der Waals surface area contributed by atoms with Gasteiger partial charge in [0, 0.05) is 35.6 Å². The number of carbonyl (C=O) groups excluding carboxylic acids is 1. The summed E-state index contributed by atoms with van der Waals surface area (Å²) in [5.74, 6) is 0.120. The number of carbonyl (C=O) groups is 1. The summed E-state index contributed by atoms with van der Waals surface area (Å²) in [5, 5.41) is 6.69. The highest BCUT2D eigenvalue weighted by Crippen LogP contribution is 2.21. The maximum absolute atomic E-state index is 13.0. The van der Waals surface area contributed by atoms with E-state index in [1.54, 1.807) is 30.6 Å². The molecule has 1 aliphatic carbocycles. The molecule has 1 aromatic heterocycles. The van der Waals surface area contributed by atoms with E-state index in [0.717, 1.165) is 24.0 Å². The van der Waals surface area contributed by atoms with Gasteiger partial charge in [0.25, 0.3) is 11.5 Å². The van der Waals surface area contributed by atoms with Gasteiger partial charge in [-0.1, -0.05) is 29.8 Å². The summed E-state index contributed by atoms with van der Waals surface area (Å²) >= 11 is 6.01. The van der Waals surface area contributed by atoms with E-state index in [0.29, 0.717) is 22.8 Å². The van der Waals surface area contributed by atoms with E-state index < -0.39 is 0 Å². The number of hydrogen-bond donors (Lipinski definition) is 2. The smallest absolute Gasteiger partial charge is 0.297 e. The second-order valence-corrected chi connectivity index (χ2v) is 7.62.